The molecule has 0 aromatic heterocycles. The zero-order valence-electron chi connectivity index (χ0n) is 17.5. The fourth-order valence-electron chi connectivity index (χ4n) is 3.60. The molecule has 0 unspecified atom stereocenters. The van der Waals surface area contributed by atoms with Gasteiger partial charge in [0.2, 0.25) is 21.8 Å². The van der Waals surface area contributed by atoms with Gasteiger partial charge in [-0.2, -0.15) is 0 Å². The fraction of sp³-hybridized carbons (Fsp3) is 0.333. The average molecular weight is 499 g/mol. The Morgan fingerprint density at radius 2 is 1.91 bits per heavy atom. The van der Waals surface area contributed by atoms with Gasteiger partial charge in [0.25, 0.3) is 0 Å². The molecule has 2 amide bonds. The Bertz CT molecular complexity index is 1140. The van der Waals surface area contributed by atoms with Crippen molar-refractivity contribution >= 4 is 56.4 Å². The van der Waals surface area contributed by atoms with Crippen LogP contribution >= 0.6 is 23.2 Å². The molecule has 1 heterocycles. The van der Waals surface area contributed by atoms with Crippen molar-refractivity contribution in [3.8, 4) is 0 Å². The first-order valence-corrected chi connectivity index (χ1v) is 12.3. The molecule has 1 aliphatic heterocycles. The van der Waals surface area contributed by atoms with Gasteiger partial charge in [0.1, 0.15) is 0 Å². The highest BCUT2D eigenvalue weighted by atomic mass is 35.5. The van der Waals surface area contributed by atoms with Crippen LogP contribution < -0.4 is 15.4 Å². The van der Waals surface area contributed by atoms with Gasteiger partial charge in [0.15, 0.2) is 0 Å². The zero-order valence-corrected chi connectivity index (χ0v) is 19.8. The standard InChI is InChI=1S/C21H24Cl2N4O4S/c1-2-8-26(12-20(28)25-18-5-3-15(22)11-17(18)23)13-21(29)27-9-7-14-10-16(32(24,30)31)4-6-19(14)27/h3-6,10-11H,2,7-9,12-13H2,1H3,(H,25,28)(H2,24,30,31). The fourth-order valence-corrected chi connectivity index (χ4v) is 4.62. The molecule has 0 bridgehead atoms. The summed E-state index contributed by atoms with van der Waals surface area (Å²) in [5, 5.41) is 8.73. The number of anilines is 2. The number of hydrogen-bond acceptors (Lipinski definition) is 5. The van der Waals surface area contributed by atoms with Crippen molar-refractivity contribution < 1.29 is 18.0 Å². The van der Waals surface area contributed by atoms with Gasteiger partial charge in [0.05, 0.1) is 28.7 Å². The van der Waals surface area contributed by atoms with Crippen molar-refractivity contribution in [2.75, 3.05) is 36.4 Å². The molecule has 0 saturated carbocycles. The molecule has 32 heavy (non-hydrogen) atoms. The van der Waals surface area contributed by atoms with Crippen LogP contribution in [0.15, 0.2) is 41.3 Å². The molecule has 1 aliphatic rings. The number of nitrogens with one attached hydrogen (secondary N) is 1. The first-order valence-electron chi connectivity index (χ1n) is 10.0. The van der Waals surface area contributed by atoms with Crippen LogP contribution in [0.4, 0.5) is 11.4 Å². The molecule has 2 aromatic rings. The summed E-state index contributed by atoms with van der Waals surface area (Å²) in [6.07, 6.45) is 1.30. The quantitative estimate of drug-likeness (QED) is 0.580. The molecule has 0 saturated heterocycles. The highest BCUT2D eigenvalue weighted by Crippen LogP contribution is 2.30. The van der Waals surface area contributed by atoms with Crippen molar-refractivity contribution in [1.82, 2.24) is 4.90 Å². The van der Waals surface area contributed by atoms with Crippen LogP contribution in [0.2, 0.25) is 10.0 Å². The lowest BCUT2D eigenvalue weighted by atomic mass is 10.2. The number of nitrogens with two attached hydrogens (primary N) is 1. The predicted octanol–water partition coefficient (Wildman–Crippen LogP) is 2.88. The summed E-state index contributed by atoms with van der Waals surface area (Å²) >= 11 is 12.0. The lowest BCUT2D eigenvalue weighted by Crippen LogP contribution is -2.43. The number of amides is 2. The van der Waals surface area contributed by atoms with Gasteiger partial charge < -0.3 is 10.2 Å². The average Bonchev–Trinajstić information content (AvgIpc) is 3.13. The highest BCUT2D eigenvalue weighted by Gasteiger charge is 2.27. The van der Waals surface area contributed by atoms with E-state index >= 15 is 0 Å². The third kappa shape index (κ3) is 5.99. The predicted molar refractivity (Wildman–Crippen MR) is 126 cm³/mol. The Morgan fingerprint density at radius 1 is 1.16 bits per heavy atom. The van der Waals surface area contributed by atoms with E-state index in [0.29, 0.717) is 40.9 Å². The number of halogens is 2. The Morgan fingerprint density at radius 3 is 2.56 bits per heavy atom. The minimum Gasteiger partial charge on any atom is -0.324 e. The van der Waals surface area contributed by atoms with Crippen LogP contribution in [0, 0.1) is 0 Å². The van der Waals surface area contributed by atoms with Crippen LogP contribution in [0.25, 0.3) is 0 Å². The van der Waals surface area contributed by atoms with Crippen molar-refractivity contribution in [3.63, 3.8) is 0 Å². The van der Waals surface area contributed by atoms with E-state index in [1.807, 2.05) is 6.92 Å². The molecule has 0 spiro atoms. The number of rotatable bonds is 8. The molecular formula is C21H24Cl2N4O4S. The summed E-state index contributed by atoms with van der Waals surface area (Å²) < 4.78 is 23.1. The van der Waals surface area contributed by atoms with E-state index in [0.717, 1.165) is 12.0 Å². The minimum absolute atomic E-state index is 0.0174. The first kappa shape index (κ1) is 24.5. The Kier molecular flexibility index (Phi) is 7.79. The van der Waals surface area contributed by atoms with Gasteiger partial charge in [-0.3, -0.25) is 14.5 Å². The minimum atomic E-state index is -3.81. The smallest absolute Gasteiger partial charge is 0.241 e. The Balaban J connectivity index is 1.66. The first-order chi connectivity index (χ1) is 15.1. The third-order valence-electron chi connectivity index (χ3n) is 5.05. The maximum Gasteiger partial charge on any atom is 0.241 e. The topological polar surface area (TPSA) is 113 Å². The summed E-state index contributed by atoms with van der Waals surface area (Å²) in [7, 11) is -3.81. The maximum atomic E-state index is 13.0. The van der Waals surface area contributed by atoms with Gasteiger partial charge in [-0.1, -0.05) is 30.1 Å². The van der Waals surface area contributed by atoms with Crippen molar-refractivity contribution in [2.45, 2.75) is 24.7 Å². The molecule has 2 aromatic carbocycles. The van der Waals surface area contributed by atoms with E-state index in [4.69, 9.17) is 28.3 Å². The van der Waals surface area contributed by atoms with E-state index in [2.05, 4.69) is 5.32 Å². The second kappa shape index (κ2) is 10.2. The lowest BCUT2D eigenvalue weighted by Gasteiger charge is -2.24. The Hall–Kier alpha value is -2.17. The second-order valence-electron chi connectivity index (χ2n) is 7.51. The summed E-state index contributed by atoms with van der Waals surface area (Å²) in [4.78, 5) is 28.9. The number of fused-ring (bicyclic) bond motifs is 1. The molecule has 0 atom stereocenters. The molecule has 8 nitrogen and oxygen atoms in total. The normalized spacial score (nSPS) is 13.3. The largest absolute Gasteiger partial charge is 0.324 e. The molecule has 0 radical (unpaired) electrons. The highest BCUT2D eigenvalue weighted by molar-refractivity contribution is 7.89. The molecule has 11 heteroatoms. The molecular weight excluding hydrogens is 475 g/mol. The van der Waals surface area contributed by atoms with Gasteiger partial charge in [-0.05, 0) is 61.3 Å². The van der Waals surface area contributed by atoms with Gasteiger partial charge >= 0.3 is 0 Å². The van der Waals surface area contributed by atoms with E-state index in [1.54, 1.807) is 28.0 Å². The number of primary sulfonamides is 1. The van der Waals surface area contributed by atoms with Crippen LogP contribution in [-0.4, -0.2) is 51.3 Å². The van der Waals surface area contributed by atoms with E-state index < -0.39 is 10.0 Å². The number of carbonyl (C=O) groups excluding carboxylic acids is 2. The number of sulfonamides is 1. The second-order valence-corrected chi connectivity index (χ2v) is 9.92. The van der Waals surface area contributed by atoms with Gasteiger partial charge in [0, 0.05) is 17.3 Å². The molecule has 3 N–H and O–H groups in total. The summed E-state index contributed by atoms with van der Waals surface area (Å²) in [6, 6.07) is 9.28. The number of nitrogens with zero attached hydrogens (tertiary/aromatic N) is 2. The number of benzene rings is 2. The SMILES string of the molecule is CCCN(CC(=O)Nc1ccc(Cl)cc1Cl)CC(=O)N1CCc2cc(S(N)(=O)=O)ccc21. The van der Waals surface area contributed by atoms with Crippen LogP contribution in [-0.2, 0) is 26.0 Å². The maximum absolute atomic E-state index is 13.0. The summed E-state index contributed by atoms with van der Waals surface area (Å²) in [5.74, 6) is -0.465. The Labute approximate surface area is 197 Å². The van der Waals surface area contributed by atoms with Gasteiger partial charge in [-0.15, -0.1) is 0 Å². The van der Waals surface area contributed by atoms with Crippen molar-refractivity contribution in [3.05, 3.63) is 52.0 Å². The summed E-state index contributed by atoms with van der Waals surface area (Å²) in [6.45, 7) is 3.02. The molecule has 172 valence electrons. The van der Waals surface area contributed by atoms with Crippen molar-refractivity contribution in [1.29, 1.82) is 0 Å². The van der Waals surface area contributed by atoms with Gasteiger partial charge in [-0.25, -0.2) is 13.6 Å². The van der Waals surface area contributed by atoms with E-state index in [-0.39, 0.29) is 29.8 Å². The molecule has 0 fully saturated rings. The zero-order chi connectivity index (χ0) is 23.5. The third-order valence-corrected chi connectivity index (χ3v) is 6.51. The molecule has 3 rings (SSSR count). The van der Waals surface area contributed by atoms with E-state index in [1.165, 1.54) is 18.2 Å². The number of carbonyl (C=O) groups is 2. The van der Waals surface area contributed by atoms with Crippen LogP contribution in [0.1, 0.15) is 18.9 Å². The van der Waals surface area contributed by atoms with Crippen molar-refractivity contribution in [2.24, 2.45) is 5.14 Å². The number of hydrogen-bond donors (Lipinski definition) is 2. The monoisotopic (exact) mass is 498 g/mol. The summed E-state index contributed by atoms with van der Waals surface area (Å²) in [5.41, 5.74) is 1.86. The molecule has 0 aliphatic carbocycles. The van der Waals surface area contributed by atoms with Crippen LogP contribution in [0.3, 0.4) is 0 Å². The van der Waals surface area contributed by atoms with Crippen LogP contribution in [0.5, 0.6) is 0 Å². The lowest BCUT2D eigenvalue weighted by molar-refractivity contribution is -0.121. The van der Waals surface area contributed by atoms with E-state index in [9.17, 15) is 18.0 Å².